The van der Waals surface area contributed by atoms with Gasteiger partial charge in [0.2, 0.25) is 0 Å². The van der Waals surface area contributed by atoms with Gasteiger partial charge in [0.05, 0.1) is 0 Å². The zero-order valence-electron chi connectivity index (χ0n) is 12.8. The van der Waals surface area contributed by atoms with E-state index in [9.17, 15) is 0 Å². The quantitative estimate of drug-likeness (QED) is 0.639. The molecular formula is C19H22N2O. The SMILES string of the molecule is c1ccc(CCCCNCCc2ccc3ncoc3c2)cc1. The molecule has 0 aliphatic carbocycles. The fourth-order valence-electron chi connectivity index (χ4n) is 2.64. The highest BCUT2D eigenvalue weighted by Crippen LogP contribution is 2.14. The van der Waals surface area contributed by atoms with Gasteiger partial charge in [-0.3, -0.25) is 0 Å². The maximum Gasteiger partial charge on any atom is 0.181 e. The predicted octanol–water partition coefficient (Wildman–Crippen LogP) is 3.98. The minimum absolute atomic E-state index is 0.875. The van der Waals surface area contributed by atoms with E-state index in [1.807, 2.05) is 6.07 Å². The molecule has 0 atom stereocenters. The van der Waals surface area contributed by atoms with Crippen LogP contribution in [0.25, 0.3) is 11.1 Å². The molecule has 0 fully saturated rings. The largest absolute Gasteiger partial charge is 0.443 e. The summed E-state index contributed by atoms with van der Waals surface area (Å²) < 4.78 is 5.33. The smallest absolute Gasteiger partial charge is 0.181 e. The lowest BCUT2D eigenvalue weighted by Gasteiger charge is -2.05. The second-order valence-electron chi connectivity index (χ2n) is 5.60. The molecule has 0 bridgehead atoms. The van der Waals surface area contributed by atoms with Gasteiger partial charge < -0.3 is 9.73 Å². The summed E-state index contributed by atoms with van der Waals surface area (Å²) in [5, 5.41) is 3.52. The van der Waals surface area contributed by atoms with Gasteiger partial charge in [-0.25, -0.2) is 4.98 Å². The standard InChI is InChI=1S/C19H22N2O/c1-2-6-16(7-3-1)8-4-5-12-20-13-11-17-9-10-18-19(14-17)22-15-21-18/h1-3,6-7,9-10,14-15,20H,4-5,8,11-13H2. The first-order valence-electron chi connectivity index (χ1n) is 7.98. The lowest BCUT2D eigenvalue weighted by Crippen LogP contribution is -2.18. The van der Waals surface area contributed by atoms with Crippen molar-refractivity contribution in [3.63, 3.8) is 0 Å². The molecule has 1 aromatic heterocycles. The number of aryl methyl sites for hydroxylation is 1. The van der Waals surface area contributed by atoms with Crippen LogP contribution in [0.3, 0.4) is 0 Å². The Balaban J connectivity index is 1.30. The van der Waals surface area contributed by atoms with Crippen LogP contribution < -0.4 is 5.32 Å². The molecule has 3 rings (SSSR count). The van der Waals surface area contributed by atoms with Crippen LogP contribution in [-0.2, 0) is 12.8 Å². The molecule has 1 heterocycles. The molecule has 0 radical (unpaired) electrons. The molecule has 0 unspecified atom stereocenters. The van der Waals surface area contributed by atoms with Crippen LogP contribution in [0.15, 0.2) is 59.3 Å². The van der Waals surface area contributed by atoms with Crippen LogP contribution in [0.2, 0.25) is 0 Å². The lowest BCUT2D eigenvalue weighted by atomic mass is 10.1. The number of rotatable bonds is 8. The van der Waals surface area contributed by atoms with E-state index in [-0.39, 0.29) is 0 Å². The van der Waals surface area contributed by atoms with E-state index >= 15 is 0 Å². The Morgan fingerprint density at radius 2 is 1.77 bits per heavy atom. The molecule has 2 aromatic carbocycles. The van der Waals surface area contributed by atoms with Gasteiger partial charge in [0.25, 0.3) is 0 Å². The normalized spacial score (nSPS) is 11.1. The van der Waals surface area contributed by atoms with Gasteiger partial charge >= 0.3 is 0 Å². The predicted molar refractivity (Wildman–Crippen MR) is 90.0 cm³/mol. The van der Waals surface area contributed by atoms with Crippen molar-refractivity contribution < 1.29 is 4.42 Å². The monoisotopic (exact) mass is 294 g/mol. The molecule has 3 nitrogen and oxygen atoms in total. The maximum atomic E-state index is 5.33. The lowest BCUT2D eigenvalue weighted by molar-refractivity contribution is 0.600. The number of unbranched alkanes of at least 4 members (excludes halogenated alkanes) is 1. The second kappa shape index (κ2) is 7.76. The minimum atomic E-state index is 0.875. The first-order valence-corrected chi connectivity index (χ1v) is 7.98. The molecule has 0 saturated carbocycles. The molecule has 3 heteroatoms. The van der Waals surface area contributed by atoms with Crippen LogP contribution in [0.1, 0.15) is 24.0 Å². The van der Waals surface area contributed by atoms with Crippen molar-refractivity contribution >= 4 is 11.1 Å². The molecule has 1 N–H and O–H groups in total. The number of fused-ring (bicyclic) bond motifs is 1. The topological polar surface area (TPSA) is 38.1 Å². The third-order valence-electron chi connectivity index (χ3n) is 3.90. The summed E-state index contributed by atoms with van der Waals surface area (Å²) in [7, 11) is 0. The van der Waals surface area contributed by atoms with Crippen LogP contribution in [0, 0.1) is 0 Å². The molecule has 0 saturated heterocycles. The van der Waals surface area contributed by atoms with Gasteiger partial charge in [0.15, 0.2) is 12.0 Å². The fraction of sp³-hybridized carbons (Fsp3) is 0.316. The van der Waals surface area contributed by atoms with Gasteiger partial charge in [-0.1, -0.05) is 36.4 Å². The van der Waals surface area contributed by atoms with Crippen LogP contribution in [0.4, 0.5) is 0 Å². The zero-order chi connectivity index (χ0) is 15.0. The summed E-state index contributed by atoms with van der Waals surface area (Å²) in [5.41, 5.74) is 4.53. The van der Waals surface area contributed by atoms with Crippen molar-refractivity contribution in [1.29, 1.82) is 0 Å². The molecule has 0 aliphatic heterocycles. The Morgan fingerprint density at radius 1 is 0.864 bits per heavy atom. The molecule has 3 aromatic rings. The number of hydrogen-bond donors (Lipinski definition) is 1. The van der Waals surface area contributed by atoms with Crippen LogP contribution >= 0.6 is 0 Å². The van der Waals surface area contributed by atoms with Crippen LogP contribution in [-0.4, -0.2) is 18.1 Å². The Kier molecular flexibility index (Phi) is 5.22. The van der Waals surface area contributed by atoms with E-state index < -0.39 is 0 Å². The summed E-state index contributed by atoms with van der Waals surface area (Å²) in [6.45, 7) is 2.09. The fourth-order valence-corrected chi connectivity index (χ4v) is 2.64. The molecule has 22 heavy (non-hydrogen) atoms. The average Bonchev–Trinajstić information content (AvgIpc) is 3.02. The number of hydrogen-bond acceptors (Lipinski definition) is 3. The van der Waals surface area contributed by atoms with Crippen molar-refractivity contribution in [1.82, 2.24) is 10.3 Å². The van der Waals surface area contributed by atoms with E-state index in [1.54, 1.807) is 0 Å². The van der Waals surface area contributed by atoms with Gasteiger partial charge in [0.1, 0.15) is 5.52 Å². The summed E-state index contributed by atoms with van der Waals surface area (Å²) in [6.07, 6.45) is 6.15. The highest BCUT2D eigenvalue weighted by molar-refractivity contribution is 5.72. The number of aromatic nitrogens is 1. The van der Waals surface area contributed by atoms with E-state index in [0.717, 1.165) is 30.6 Å². The summed E-state index contributed by atoms with van der Waals surface area (Å²) in [4.78, 5) is 4.13. The molecular weight excluding hydrogens is 272 g/mol. The van der Waals surface area contributed by atoms with Gasteiger partial charge in [0, 0.05) is 0 Å². The molecule has 0 spiro atoms. The molecule has 0 amide bonds. The molecule has 0 aliphatic rings. The Labute approximate surface area is 131 Å². The van der Waals surface area contributed by atoms with Gasteiger partial charge in [-0.2, -0.15) is 0 Å². The maximum absolute atomic E-state index is 5.33. The van der Waals surface area contributed by atoms with Crippen molar-refractivity contribution in [3.8, 4) is 0 Å². The van der Waals surface area contributed by atoms with Crippen molar-refractivity contribution in [2.75, 3.05) is 13.1 Å². The van der Waals surface area contributed by atoms with E-state index in [2.05, 4.69) is 52.8 Å². The Hall–Kier alpha value is -2.13. The van der Waals surface area contributed by atoms with Gasteiger partial charge in [-0.05, 0) is 62.0 Å². The van der Waals surface area contributed by atoms with Gasteiger partial charge in [-0.15, -0.1) is 0 Å². The van der Waals surface area contributed by atoms with E-state index in [0.29, 0.717) is 0 Å². The third-order valence-corrected chi connectivity index (χ3v) is 3.90. The minimum Gasteiger partial charge on any atom is -0.443 e. The average molecular weight is 294 g/mol. The third kappa shape index (κ3) is 4.18. The van der Waals surface area contributed by atoms with Crippen molar-refractivity contribution in [2.45, 2.75) is 25.7 Å². The second-order valence-corrected chi connectivity index (χ2v) is 5.60. The first kappa shape index (κ1) is 14.8. The highest BCUT2D eigenvalue weighted by atomic mass is 16.3. The molecule has 114 valence electrons. The number of nitrogens with one attached hydrogen (secondary N) is 1. The summed E-state index contributed by atoms with van der Waals surface area (Å²) >= 11 is 0. The summed E-state index contributed by atoms with van der Waals surface area (Å²) in [5.74, 6) is 0. The van der Waals surface area contributed by atoms with Crippen LogP contribution in [0.5, 0.6) is 0 Å². The summed E-state index contributed by atoms with van der Waals surface area (Å²) in [6, 6.07) is 16.9. The van der Waals surface area contributed by atoms with E-state index in [4.69, 9.17) is 4.42 Å². The van der Waals surface area contributed by atoms with E-state index in [1.165, 1.54) is 36.8 Å². The number of oxazole rings is 1. The van der Waals surface area contributed by atoms with Crippen molar-refractivity contribution in [2.24, 2.45) is 0 Å². The Morgan fingerprint density at radius 3 is 2.68 bits per heavy atom. The first-order chi connectivity index (χ1) is 10.9. The van der Waals surface area contributed by atoms with Crippen molar-refractivity contribution in [3.05, 3.63) is 66.1 Å². The number of nitrogens with zero attached hydrogens (tertiary/aromatic N) is 1. The Bertz CT molecular complexity index is 691. The number of benzene rings is 2. The zero-order valence-corrected chi connectivity index (χ0v) is 12.8. The highest BCUT2D eigenvalue weighted by Gasteiger charge is 2.00.